The Morgan fingerprint density at radius 2 is 2.10 bits per heavy atom. The summed E-state index contributed by atoms with van der Waals surface area (Å²) < 4.78 is 1.92. The summed E-state index contributed by atoms with van der Waals surface area (Å²) in [5.74, 6) is -0.983. The summed E-state index contributed by atoms with van der Waals surface area (Å²) in [4.78, 5) is 19.0. The lowest BCUT2D eigenvalue weighted by Crippen LogP contribution is -1.94. The van der Waals surface area contributed by atoms with E-state index in [1.807, 2.05) is 34.9 Å². The highest BCUT2D eigenvalue weighted by molar-refractivity contribution is 5.85. The molecule has 0 saturated carbocycles. The number of carbonyl (C=O) groups is 1. The molecular weight excluding hydrogens is 254 g/mol. The van der Waals surface area contributed by atoms with Gasteiger partial charge in [-0.1, -0.05) is 12.1 Å². The Hall–Kier alpha value is -2.95. The molecule has 3 rings (SSSR count). The maximum absolute atomic E-state index is 10.5. The van der Waals surface area contributed by atoms with Crippen LogP contribution in [0, 0.1) is 0 Å². The number of nitrogens with zero attached hydrogens (tertiary/aromatic N) is 3. The van der Waals surface area contributed by atoms with Crippen LogP contribution in [0.25, 0.3) is 22.8 Å². The van der Waals surface area contributed by atoms with Crippen molar-refractivity contribution in [2.45, 2.75) is 0 Å². The van der Waals surface area contributed by atoms with Crippen LogP contribution in [0.4, 0.5) is 0 Å². The molecule has 0 spiro atoms. The third-order valence-electron chi connectivity index (χ3n) is 2.90. The van der Waals surface area contributed by atoms with Gasteiger partial charge in [-0.05, 0) is 29.8 Å². The van der Waals surface area contributed by atoms with Gasteiger partial charge in [0.25, 0.3) is 0 Å². The second kappa shape index (κ2) is 4.97. The molecule has 0 saturated heterocycles. The molecule has 0 fully saturated rings. The number of rotatable bonds is 3. The van der Waals surface area contributed by atoms with Gasteiger partial charge in [-0.25, -0.2) is 9.78 Å². The molecule has 20 heavy (non-hydrogen) atoms. The lowest BCUT2D eigenvalue weighted by atomic mass is 10.2. The number of carboxylic acid groups (broad SMARTS) is 1. The standard InChI is InChI=1S/C15H11N3O2/c19-15(20)6-5-11-7-12(9-16-8-11)18-10-17-13-3-1-2-4-14(13)18/h1-10H,(H,19,20)/b6-5+. The van der Waals surface area contributed by atoms with Gasteiger partial charge < -0.3 is 5.11 Å². The monoisotopic (exact) mass is 265 g/mol. The van der Waals surface area contributed by atoms with Gasteiger partial charge in [0.2, 0.25) is 0 Å². The Labute approximate surface area is 114 Å². The first-order valence-electron chi connectivity index (χ1n) is 6.02. The number of aliphatic carboxylic acids is 1. The number of aromatic nitrogens is 3. The molecule has 0 aliphatic heterocycles. The van der Waals surface area contributed by atoms with Crippen molar-refractivity contribution in [2.24, 2.45) is 0 Å². The SMILES string of the molecule is O=C(O)/C=C/c1cncc(-n2cnc3ccccc32)c1. The minimum atomic E-state index is -0.983. The van der Waals surface area contributed by atoms with Gasteiger partial charge in [-0.2, -0.15) is 0 Å². The molecule has 0 amide bonds. The van der Waals surface area contributed by atoms with Crippen molar-refractivity contribution in [3.05, 3.63) is 60.7 Å². The van der Waals surface area contributed by atoms with Crippen LogP contribution in [0.5, 0.6) is 0 Å². The average molecular weight is 265 g/mol. The highest BCUT2D eigenvalue weighted by Gasteiger charge is 2.04. The maximum Gasteiger partial charge on any atom is 0.328 e. The lowest BCUT2D eigenvalue weighted by molar-refractivity contribution is -0.131. The number of fused-ring (bicyclic) bond motifs is 1. The topological polar surface area (TPSA) is 68.0 Å². The molecule has 3 aromatic rings. The number of benzene rings is 1. The molecular formula is C15H11N3O2. The Morgan fingerprint density at radius 3 is 2.95 bits per heavy atom. The van der Waals surface area contributed by atoms with E-state index in [2.05, 4.69) is 9.97 Å². The summed E-state index contributed by atoms with van der Waals surface area (Å²) in [6.07, 6.45) is 7.66. The molecule has 2 aromatic heterocycles. The fourth-order valence-electron chi connectivity index (χ4n) is 2.00. The molecule has 0 aliphatic carbocycles. The molecule has 0 atom stereocenters. The zero-order valence-corrected chi connectivity index (χ0v) is 10.5. The van der Waals surface area contributed by atoms with E-state index in [-0.39, 0.29) is 0 Å². The lowest BCUT2D eigenvalue weighted by Gasteiger charge is -2.04. The fourth-order valence-corrected chi connectivity index (χ4v) is 2.00. The first-order chi connectivity index (χ1) is 9.74. The summed E-state index contributed by atoms with van der Waals surface area (Å²) in [5, 5.41) is 8.65. The molecule has 0 radical (unpaired) electrons. The molecule has 5 nitrogen and oxygen atoms in total. The minimum Gasteiger partial charge on any atom is -0.478 e. The summed E-state index contributed by atoms with van der Waals surface area (Å²) in [7, 11) is 0. The van der Waals surface area contributed by atoms with E-state index >= 15 is 0 Å². The normalized spacial score (nSPS) is 11.2. The first-order valence-corrected chi connectivity index (χ1v) is 6.02. The van der Waals surface area contributed by atoms with Crippen LogP contribution in [0.2, 0.25) is 0 Å². The van der Waals surface area contributed by atoms with Crippen LogP contribution in [0.15, 0.2) is 55.1 Å². The van der Waals surface area contributed by atoms with Gasteiger partial charge in [0, 0.05) is 12.3 Å². The van der Waals surface area contributed by atoms with E-state index in [4.69, 9.17) is 5.11 Å². The second-order valence-corrected chi connectivity index (χ2v) is 4.25. The van der Waals surface area contributed by atoms with Crippen LogP contribution >= 0.6 is 0 Å². The largest absolute Gasteiger partial charge is 0.478 e. The molecule has 5 heteroatoms. The number of para-hydroxylation sites is 2. The number of pyridine rings is 1. The summed E-state index contributed by atoms with van der Waals surface area (Å²) in [6, 6.07) is 9.65. The number of hydrogen-bond donors (Lipinski definition) is 1. The zero-order valence-electron chi connectivity index (χ0n) is 10.5. The van der Waals surface area contributed by atoms with Crippen molar-refractivity contribution in [3.63, 3.8) is 0 Å². The Balaban J connectivity index is 2.06. The van der Waals surface area contributed by atoms with E-state index in [1.165, 1.54) is 6.08 Å². The fraction of sp³-hybridized carbons (Fsp3) is 0. The highest BCUT2D eigenvalue weighted by Crippen LogP contribution is 2.18. The zero-order chi connectivity index (χ0) is 13.9. The van der Waals surface area contributed by atoms with Crippen LogP contribution in [-0.4, -0.2) is 25.6 Å². The molecule has 2 heterocycles. The van der Waals surface area contributed by atoms with Crippen LogP contribution < -0.4 is 0 Å². The third-order valence-corrected chi connectivity index (χ3v) is 2.90. The van der Waals surface area contributed by atoms with Gasteiger partial charge in [-0.3, -0.25) is 9.55 Å². The second-order valence-electron chi connectivity index (χ2n) is 4.25. The van der Waals surface area contributed by atoms with E-state index in [9.17, 15) is 4.79 Å². The van der Waals surface area contributed by atoms with Crippen molar-refractivity contribution in [1.82, 2.24) is 14.5 Å². The van der Waals surface area contributed by atoms with Gasteiger partial charge in [0.05, 0.1) is 22.9 Å². The third kappa shape index (κ3) is 2.29. The maximum atomic E-state index is 10.5. The molecule has 1 N–H and O–H groups in total. The first kappa shape index (κ1) is 12.1. The van der Waals surface area contributed by atoms with Crippen molar-refractivity contribution >= 4 is 23.1 Å². The van der Waals surface area contributed by atoms with Gasteiger partial charge in [-0.15, -0.1) is 0 Å². The quantitative estimate of drug-likeness (QED) is 0.739. The summed E-state index contributed by atoms with van der Waals surface area (Å²) in [6.45, 7) is 0. The van der Waals surface area contributed by atoms with Crippen LogP contribution in [-0.2, 0) is 4.79 Å². The van der Waals surface area contributed by atoms with Gasteiger partial charge >= 0.3 is 5.97 Å². The highest BCUT2D eigenvalue weighted by atomic mass is 16.4. The van der Waals surface area contributed by atoms with Gasteiger partial charge in [0.1, 0.15) is 6.33 Å². The predicted octanol–water partition coefficient (Wildman–Crippen LogP) is 2.52. The summed E-state index contributed by atoms with van der Waals surface area (Å²) >= 11 is 0. The molecule has 0 unspecified atom stereocenters. The van der Waals surface area contributed by atoms with Crippen molar-refractivity contribution < 1.29 is 9.90 Å². The van der Waals surface area contributed by atoms with Crippen LogP contribution in [0.1, 0.15) is 5.56 Å². The van der Waals surface area contributed by atoms with E-state index in [1.54, 1.807) is 18.7 Å². The van der Waals surface area contributed by atoms with Crippen LogP contribution in [0.3, 0.4) is 0 Å². The number of hydrogen-bond acceptors (Lipinski definition) is 3. The predicted molar refractivity (Wildman–Crippen MR) is 75.5 cm³/mol. The Bertz CT molecular complexity index is 805. The van der Waals surface area contributed by atoms with Gasteiger partial charge in [0.15, 0.2) is 0 Å². The summed E-state index contributed by atoms with van der Waals surface area (Å²) in [5.41, 5.74) is 3.45. The molecule has 1 aromatic carbocycles. The average Bonchev–Trinajstić information content (AvgIpc) is 2.89. The Morgan fingerprint density at radius 1 is 1.25 bits per heavy atom. The minimum absolute atomic E-state index is 0.725. The Kier molecular flexibility index (Phi) is 3.01. The molecule has 0 aliphatic rings. The smallest absolute Gasteiger partial charge is 0.328 e. The number of imidazole rings is 1. The van der Waals surface area contributed by atoms with E-state index in [0.29, 0.717) is 0 Å². The van der Waals surface area contributed by atoms with E-state index in [0.717, 1.165) is 28.4 Å². The number of carboxylic acids is 1. The van der Waals surface area contributed by atoms with Crippen molar-refractivity contribution in [1.29, 1.82) is 0 Å². The van der Waals surface area contributed by atoms with Crippen molar-refractivity contribution in [3.8, 4) is 5.69 Å². The molecule has 98 valence electrons. The van der Waals surface area contributed by atoms with E-state index < -0.39 is 5.97 Å². The van der Waals surface area contributed by atoms with Crippen molar-refractivity contribution in [2.75, 3.05) is 0 Å². The molecule has 0 bridgehead atoms.